The molecule has 28 heavy (non-hydrogen) atoms. The number of nitro groups is 1. The van der Waals surface area contributed by atoms with E-state index in [0.29, 0.717) is 5.56 Å². The van der Waals surface area contributed by atoms with Gasteiger partial charge in [-0.05, 0) is 24.3 Å². The van der Waals surface area contributed by atoms with Crippen LogP contribution in [-0.2, 0) is 6.54 Å². The summed E-state index contributed by atoms with van der Waals surface area (Å²) < 4.78 is 10.8. The maximum atomic E-state index is 10.9. The minimum atomic E-state index is -0.482. The molecule has 0 amide bonds. The van der Waals surface area contributed by atoms with Crippen molar-refractivity contribution in [2.45, 2.75) is 6.54 Å². The molecule has 1 aliphatic heterocycles. The van der Waals surface area contributed by atoms with Crippen LogP contribution in [0.1, 0.15) is 11.1 Å². The number of piperazine rings is 1. The summed E-state index contributed by atoms with van der Waals surface area (Å²) in [6.45, 7) is 3.82. The van der Waals surface area contributed by atoms with E-state index in [1.54, 1.807) is 20.3 Å². The van der Waals surface area contributed by atoms with Gasteiger partial charge in [0.1, 0.15) is 17.6 Å². The summed E-state index contributed by atoms with van der Waals surface area (Å²) in [5, 5.41) is 20.3. The largest absolute Gasteiger partial charge is 0.497 e. The maximum Gasteiger partial charge on any atom is 0.270 e. The second-order valence-corrected chi connectivity index (χ2v) is 6.51. The predicted octanol–water partition coefficient (Wildman–Crippen LogP) is 2.81. The molecule has 0 atom stereocenters. The fourth-order valence-corrected chi connectivity index (χ4v) is 3.40. The summed E-state index contributed by atoms with van der Waals surface area (Å²) in [5.41, 5.74) is 2.07. The first kappa shape index (κ1) is 19.5. The van der Waals surface area contributed by atoms with E-state index in [0.717, 1.165) is 55.5 Å². The lowest BCUT2D eigenvalue weighted by Gasteiger charge is -2.36. The smallest absolute Gasteiger partial charge is 0.270 e. The van der Waals surface area contributed by atoms with E-state index < -0.39 is 4.92 Å². The number of non-ortho nitro benzene ring substituents is 1. The van der Waals surface area contributed by atoms with Crippen molar-refractivity contribution in [1.29, 1.82) is 5.26 Å². The molecule has 8 heteroatoms. The molecule has 0 aliphatic carbocycles. The minimum absolute atomic E-state index is 0.0657. The highest BCUT2D eigenvalue weighted by atomic mass is 16.6. The number of rotatable bonds is 6. The number of anilines is 1. The molecule has 0 spiro atoms. The summed E-state index contributed by atoms with van der Waals surface area (Å²) >= 11 is 0. The van der Waals surface area contributed by atoms with Gasteiger partial charge in [0.05, 0.1) is 30.4 Å². The van der Waals surface area contributed by atoms with E-state index in [1.807, 2.05) is 18.2 Å². The van der Waals surface area contributed by atoms with Gasteiger partial charge in [0.2, 0.25) is 0 Å². The maximum absolute atomic E-state index is 10.9. The Morgan fingerprint density at radius 3 is 2.46 bits per heavy atom. The monoisotopic (exact) mass is 382 g/mol. The SMILES string of the molecule is COc1ccc(OC)c(CN2CCN(c3ccc([N+](=O)[O-])cc3C#N)CC2)c1. The molecule has 0 aromatic heterocycles. The van der Waals surface area contributed by atoms with Crippen LogP contribution in [0.25, 0.3) is 0 Å². The van der Waals surface area contributed by atoms with Gasteiger partial charge in [-0.1, -0.05) is 0 Å². The molecule has 2 aromatic rings. The minimum Gasteiger partial charge on any atom is -0.497 e. The van der Waals surface area contributed by atoms with Crippen LogP contribution in [-0.4, -0.2) is 50.2 Å². The van der Waals surface area contributed by atoms with E-state index in [-0.39, 0.29) is 5.69 Å². The van der Waals surface area contributed by atoms with Crippen LogP contribution in [0.3, 0.4) is 0 Å². The van der Waals surface area contributed by atoms with Gasteiger partial charge in [-0.2, -0.15) is 5.26 Å². The number of hydrogen-bond acceptors (Lipinski definition) is 7. The van der Waals surface area contributed by atoms with Crippen molar-refractivity contribution in [1.82, 2.24) is 4.90 Å². The van der Waals surface area contributed by atoms with Crippen molar-refractivity contribution in [3.63, 3.8) is 0 Å². The van der Waals surface area contributed by atoms with Crippen molar-refractivity contribution in [2.75, 3.05) is 45.3 Å². The van der Waals surface area contributed by atoms with E-state index >= 15 is 0 Å². The molecule has 0 radical (unpaired) electrons. The molecule has 8 nitrogen and oxygen atoms in total. The quantitative estimate of drug-likeness (QED) is 0.560. The van der Waals surface area contributed by atoms with Crippen LogP contribution in [0, 0.1) is 21.4 Å². The first-order valence-corrected chi connectivity index (χ1v) is 8.92. The number of methoxy groups -OCH3 is 2. The lowest BCUT2D eigenvalue weighted by Crippen LogP contribution is -2.46. The molecule has 2 aromatic carbocycles. The van der Waals surface area contributed by atoms with Gasteiger partial charge < -0.3 is 14.4 Å². The highest BCUT2D eigenvalue weighted by Crippen LogP contribution is 2.28. The van der Waals surface area contributed by atoms with E-state index in [4.69, 9.17) is 9.47 Å². The first-order chi connectivity index (χ1) is 13.5. The summed E-state index contributed by atoms with van der Waals surface area (Å²) in [6, 6.07) is 12.3. The van der Waals surface area contributed by atoms with Gasteiger partial charge in [-0.15, -0.1) is 0 Å². The topological polar surface area (TPSA) is 91.9 Å². The van der Waals surface area contributed by atoms with Crippen LogP contribution in [0.4, 0.5) is 11.4 Å². The average Bonchev–Trinajstić information content (AvgIpc) is 2.73. The molecule has 0 saturated carbocycles. The fraction of sp³-hybridized carbons (Fsp3) is 0.350. The van der Waals surface area contributed by atoms with Gasteiger partial charge in [0.15, 0.2) is 0 Å². The Morgan fingerprint density at radius 2 is 1.86 bits per heavy atom. The van der Waals surface area contributed by atoms with E-state index in [9.17, 15) is 15.4 Å². The Bertz CT molecular complexity index is 902. The van der Waals surface area contributed by atoms with Gasteiger partial charge >= 0.3 is 0 Å². The third-order valence-electron chi connectivity index (χ3n) is 4.91. The average molecular weight is 382 g/mol. The standard InChI is InChI=1S/C20H22N4O4/c1-27-18-4-6-20(28-2)16(12-18)14-22-7-9-23(10-8-22)19-5-3-17(24(25)26)11-15(19)13-21/h3-6,11-12H,7-10,14H2,1-2H3. The molecule has 146 valence electrons. The Balaban J connectivity index is 1.69. The van der Waals surface area contributed by atoms with Gasteiger partial charge in [0, 0.05) is 50.4 Å². The van der Waals surface area contributed by atoms with E-state index in [2.05, 4.69) is 15.9 Å². The predicted molar refractivity (Wildman–Crippen MR) is 105 cm³/mol. The number of nitriles is 1. The molecule has 1 fully saturated rings. The number of ether oxygens (including phenoxy) is 2. The Labute approximate surface area is 163 Å². The summed E-state index contributed by atoms with van der Waals surface area (Å²) in [6.07, 6.45) is 0. The molecule has 0 N–H and O–H groups in total. The lowest BCUT2D eigenvalue weighted by molar-refractivity contribution is -0.384. The Hall–Kier alpha value is -3.31. The van der Waals surface area contributed by atoms with Crippen molar-refractivity contribution >= 4 is 11.4 Å². The van der Waals surface area contributed by atoms with Crippen molar-refractivity contribution < 1.29 is 14.4 Å². The molecular weight excluding hydrogens is 360 g/mol. The molecule has 1 saturated heterocycles. The highest BCUT2D eigenvalue weighted by molar-refractivity contribution is 5.63. The van der Waals surface area contributed by atoms with Crippen LogP contribution >= 0.6 is 0 Å². The van der Waals surface area contributed by atoms with Crippen LogP contribution < -0.4 is 14.4 Å². The number of nitro benzene ring substituents is 1. The summed E-state index contributed by atoms with van der Waals surface area (Å²) in [5.74, 6) is 1.62. The van der Waals surface area contributed by atoms with Crippen LogP contribution in [0.15, 0.2) is 36.4 Å². The molecule has 1 heterocycles. The second kappa shape index (κ2) is 8.59. The Morgan fingerprint density at radius 1 is 1.11 bits per heavy atom. The molecule has 0 bridgehead atoms. The zero-order valence-corrected chi connectivity index (χ0v) is 15.9. The van der Waals surface area contributed by atoms with Crippen LogP contribution in [0.2, 0.25) is 0 Å². The summed E-state index contributed by atoms with van der Waals surface area (Å²) in [7, 11) is 3.29. The first-order valence-electron chi connectivity index (χ1n) is 8.92. The molecular formula is C20H22N4O4. The van der Waals surface area contributed by atoms with Crippen molar-refractivity contribution in [2.24, 2.45) is 0 Å². The van der Waals surface area contributed by atoms with Crippen molar-refractivity contribution in [3.8, 4) is 17.6 Å². The molecule has 0 unspecified atom stereocenters. The molecule has 1 aliphatic rings. The van der Waals surface area contributed by atoms with Crippen LogP contribution in [0.5, 0.6) is 11.5 Å². The number of hydrogen-bond donors (Lipinski definition) is 0. The normalized spacial score (nSPS) is 14.4. The third-order valence-corrected chi connectivity index (χ3v) is 4.91. The zero-order chi connectivity index (χ0) is 20.1. The lowest BCUT2D eigenvalue weighted by atomic mass is 10.1. The number of nitrogens with zero attached hydrogens (tertiary/aromatic N) is 4. The summed E-state index contributed by atoms with van der Waals surface area (Å²) in [4.78, 5) is 14.9. The van der Waals surface area contributed by atoms with Gasteiger partial charge in [-0.3, -0.25) is 15.0 Å². The molecule has 3 rings (SSSR count). The van der Waals surface area contributed by atoms with Gasteiger partial charge in [-0.25, -0.2) is 0 Å². The van der Waals surface area contributed by atoms with E-state index in [1.165, 1.54) is 12.1 Å². The Kier molecular flexibility index (Phi) is 5.96. The highest BCUT2D eigenvalue weighted by Gasteiger charge is 2.22. The fourth-order valence-electron chi connectivity index (χ4n) is 3.40. The second-order valence-electron chi connectivity index (χ2n) is 6.51. The third kappa shape index (κ3) is 4.15. The number of benzene rings is 2. The van der Waals surface area contributed by atoms with Crippen molar-refractivity contribution in [3.05, 3.63) is 57.6 Å². The zero-order valence-electron chi connectivity index (χ0n) is 15.9. The van der Waals surface area contributed by atoms with Gasteiger partial charge in [0.25, 0.3) is 5.69 Å².